The van der Waals surface area contributed by atoms with Gasteiger partial charge in [0.05, 0.1) is 0 Å². The molecule has 2 aliphatic heterocycles. The van der Waals surface area contributed by atoms with E-state index in [2.05, 4.69) is 0 Å². The molecule has 0 radical (unpaired) electrons. The van der Waals surface area contributed by atoms with Crippen LogP contribution >= 0.6 is 0 Å². The van der Waals surface area contributed by atoms with Crippen molar-refractivity contribution in [1.29, 1.82) is 0 Å². The number of hydrogen-bond donors (Lipinski definition) is 0. The third-order valence-electron chi connectivity index (χ3n) is 2.41. The van der Waals surface area contributed by atoms with E-state index >= 15 is 0 Å². The molecule has 0 aromatic carbocycles. The molecule has 1 unspecified atom stereocenters. The highest BCUT2D eigenvalue weighted by Crippen LogP contribution is 2.38. The third kappa shape index (κ3) is 1.46. The summed E-state index contributed by atoms with van der Waals surface area (Å²) in [6.07, 6.45) is -1.05. The summed E-state index contributed by atoms with van der Waals surface area (Å²) in [4.78, 5) is 10.7. The van der Waals surface area contributed by atoms with Crippen molar-refractivity contribution < 1.29 is 23.7 Å². The number of rotatable bonds is 2. The van der Waals surface area contributed by atoms with Crippen molar-refractivity contribution >= 4 is 6.29 Å². The first-order valence-corrected chi connectivity index (χ1v) is 4.56. The van der Waals surface area contributed by atoms with Gasteiger partial charge in [-0.25, -0.2) is 0 Å². The minimum Gasteiger partial charge on any atom is -0.353 e. The summed E-state index contributed by atoms with van der Waals surface area (Å²) in [6, 6.07) is 0. The molecule has 2 fully saturated rings. The predicted octanol–water partition coefficient (Wildman–Crippen LogP) is 0.0767. The predicted molar refractivity (Wildman–Crippen MR) is 45.6 cm³/mol. The molecule has 0 bridgehead atoms. The van der Waals surface area contributed by atoms with E-state index in [4.69, 9.17) is 18.9 Å². The van der Waals surface area contributed by atoms with Crippen LogP contribution in [0.2, 0.25) is 0 Å². The van der Waals surface area contributed by atoms with Gasteiger partial charge in [0.15, 0.2) is 18.4 Å². The van der Waals surface area contributed by atoms with Gasteiger partial charge in [0, 0.05) is 7.11 Å². The van der Waals surface area contributed by atoms with Crippen LogP contribution in [0.15, 0.2) is 0 Å². The first-order valence-electron chi connectivity index (χ1n) is 4.56. The van der Waals surface area contributed by atoms with E-state index in [-0.39, 0.29) is 12.2 Å². The fourth-order valence-electron chi connectivity index (χ4n) is 1.89. The second-order valence-corrected chi connectivity index (χ2v) is 3.91. The van der Waals surface area contributed by atoms with E-state index in [0.717, 1.165) is 6.29 Å². The van der Waals surface area contributed by atoms with Gasteiger partial charge in [-0.2, -0.15) is 0 Å². The summed E-state index contributed by atoms with van der Waals surface area (Å²) in [5.41, 5.74) is 0. The molecule has 0 aliphatic carbocycles. The van der Waals surface area contributed by atoms with Crippen LogP contribution in [-0.4, -0.2) is 43.8 Å². The van der Waals surface area contributed by atoms with E-state index < -0.39 is 18.2 Å². The lowest BCUT2D eigenvalue weighted by molar-refractivity contribution is -0.223. The molecule has 0 N–H and O–H groups in total. The van der Waals surface area contributed by atoms with Gasteiger partial charge in [0.1, 0.15) is 18.3 Å². The fraction of sp³-hybridized carbons (Fsp3) is 0.889. The zero-order chi connectivity index (χ0) is 10.3. The average Bonchev–Trinajstić information content (AvgIpc) is 2.57. The van der Waals surface area contributed by atoms with Gasteiger partial charge in [-0.3, -0.25) is 0 Å². The lowest BCUT2D eigenvalue weighted by Crippen LogP contribution is -2.30. The van der Waals surface area contributed by atoms with E-state index in [0.29, 0.717) is 0 Å². The topological polar surface area (TPSA) is 54.0 Å². The smallest absolute Gasteiger partial charge is 0.187 e. The summed E-state index contributed by atoms with van der Waals surface area (Å²) in [7, 11) is 1.52. The Kier molecular flexibility index (Phi) is 2.35. The Morgan fingerprint density at radius 2 is 1.93 bits per heavy atom. The van der Waals surface area contributed by atoms with Crippen molar-refractivity contribution in [3.8, 4) is 0 Å². The summed E-state index contributed by atoms with van der Waals surface area (Å²) in [6.45, 7) is 3.61. The minimum atomic E-state index is -0.669. The van der Waals surface area contributed by atoms with Crippen molar-refractivity contribution in [2.24, 2.45) is 0 Å². The summed E-state index contributed by atoms with van der Waals surface area (Å²) in [5.74, 6) is -0.669. The molecule has 2 rings (SSSR count). The monoisotopic (exact) mass is 202 g/mol. The van der Waals surface area contributed by atoms with E-state index in [1.54, 1.807) is 13.8 Å². The van der Waals surface area contributed by atoms with Gasteiger partial charge in [-0.05, 0) is 13.8 Å². The van der Waals surface area contributed by atoms with E-state index in [1.165, 1.54) is 7.11 Å². The molecule has 0 aromatic heterocycles. The Morgan fingerprint density at radius 1 is 1.29 bits per heavy atom. The Hall–Kier alpha value is -0.490. The summed E-state index contributed by atoms with van der Waals surface area (Å²) >= 11 is 0. The van der Waals surface area contributed by atoms with Gasteiger partial charge in [0.2, 0.25) is 0 Å². The number of aldehydes is 1. The number of carbonyl (C=O) groups excluding carboxylic acids is 1. The molecule has 4 atom stereocenters. The molecular weight excluding hydrogens is 188 g/mol. The lowest BCUT2D eigenvalue weighted by Gasteiger charge is -2.21. The Morgan fingerprint density at radius 3 is 2.50 bits per heavy atom. The lowest BCUT2D eigenvalue weighted by atomic mass is 10.1. The number of carbonyl (C=O) groups is 1. The molecule has 2 aliphatic rings. The van der Waals surface area contributed by atoms with Crippen molar-refractivity contribution in [1.82, 2.24) is 0 Å². The highest BCUT2D eigenvalue weighted by molar-refractivity contribution is 5.58. The van der Waals surface area contributed by atoms with Gasteiger partial charge in [-0.1, -0.05) is 0 Å². The van der Waals surface area contributed by atoms with Gasteiger partial charge in [-0.15, -0.1) is 0 Å². The second-order valence-electron chi connectivity index (χ2n) is 3.91. The van der Waals surface area contributed by atoms with Gasteiger partial charge >= 0.3 is 0 Å². The summed E-state index contributed by atoms with van der Waals surface area (Å²) < 4.78 is 21.5. The molecule has 0 saturated carbocycles. The van der Waals surface area contributed by atoms with Crippen LogP contribution in [0.25, 0.3) is 0 Å². The highest BCUT2D eigenvalue weighted by atomic mass is 16.8. The first kappa shape index (κ1) is 10.0. The maximum absolute atomic E-state index is 10.7. The summed E-state index contributed by atoms with van der Waals surface area (Å²) in [5, 5.41) is 0. The molecule has 2 heterocycles. The van der Waals surface area contributed by atoms with Crippen molar-refractivity contribution in [2.75, 3.05) is 7.11 Å². The number of ether oxygens (including phenoxy) is 4. The normalized spacial score (nSPS) is 45.1. The molecule has 80 valence electrons. The SMILES string of the molecule is CO[C@@H]1OC(C=O)[C@H]2OC(C)(C)O[C@@H]12. The first-order chi connectivity index (χ1) is 6.57. The van der Waals surface area contributed by atoms with Crippen LogP contribution < -0.4 is 0 Å². The van der Waals surface area contributed by atoms with Crippen LogP contribution in [0.1, 0.15) is 13.8 Å². The number of hydrogen-bond acceptors (Lipinski definition) is 5. The Bertz CT molecular complexity index is 239. The standard InChI is InChI=1S/C9H14O5/c1-9(2)13-6-5(4-10)12-8(11-3)7(6)14-9/h4-8H,1-3H3/t5?,6-,7-,8-/m1/s1. The molecule has 2 saturated heterocycles. The van der Waals surface area contributed by atoms with Gasteiger partial charge in [0.25, 0.3) is 0 Å². The molecule has 0 aromatic rings. The van der Waals surface area contributed by atoms with E-state index in [1.807, 2.05) is 0 Å². The highest BCUT2D eigenvalue weighted by Gasteiger charge is 2.55. The average molecular weight is 202 g/mol. The van der Waals surface area contributed by atoms with Crippen LogP contribution in [0.4, 0.5) is 0 Å². The quantitative estimate of drug-likeness (QED) is 0.593. The fourth-order valence-corrected chi connectivity index (χ4v) is 1.89. The van der Waals surface area contributed by atoms with Crippen molar-refractivity contribution in [2.45, 2.75) is 44.2 Å². The number of methoxy groups -OCH3 is 1. The van der Waals surface area contributed by atoms with Crippen molar-refractivity contribution in [3.05, 3.63) is 0 Å². The van der Waals surface area contributed by atoms with Crippen molar-refractivity contribution in [3.63, 3.8) is 0 Å². The Labute approximate surface area is 82.3 Å². The molecular formula is C9H14O5. The Balaban J connectivity index is 2.16. The zero-order valence-corrected chi connectivity index (χ0v) is 8.43. The van der Waals surface area contributed by atoms with Crippen LogP contribution in [0, 0.1) is 0 Å². The van der Waals surface area contributed by atoms with Gasteiger partial charge < -0.3 is 23.7 Å². The molecule has 5 heteroatoms. The minimum absolute atomic E-state index is 0.315. The largest absolute Gasteiger partial charge is 0.353 e. The number of fused-ring (bicyclic) bond motifs is 1. The molecule has 0 amide bonds. The zero-order valence-electron chi connectivity index (χ0n) is 8.43. The molecule has 5 nitrogen and oxygen atoms in total. The third-order valence-corrected chi connectivity index (χ3v) is 2.41. The molecule has 14 heavy (non-hydrogen) atoms. The van der Waals surface area contributed by atoms with Crippen LogP contribution in [-0.2, 0) is 23.7 Å². The maximum Gasteiger partial charge on any atom is 0.187 e. The van der Waals surface area contributed by atoms with Crippen LogP contribution in [0.3, 0.4) is 0 Å². The maximum atomic E-state index is 10.7. The van der Waals surface area contributed by atoms with E-state index in [9.17, 15) is 4.79 Å². The van der Waals surface area contributed by atoms with Crippen LogP contribution in [0.5, 0.6) is 0 Å². The second kappa shape index (κ2) is 3.27. The molecule has 0 spiro atoms.